The van der Waals surface area contributed by atoms with Crippen molar-refractivity contribution in [3.63, 3.8) is 0 Å². The van der Waals surface area contributed by atoms with Crippen molar-refractivity contribution < 1.29 is 18.0 Å². The number of benzene rings is 2. The maximum Gasteiger partial charge on any atom is 0.273 e. The van der Waals surface area contributed by atoms with Crippen molar-refractivity contribution in [3.05, 3.63) is 71.8 Å². The van der Waals surface area contributed by atoms with Gasteiger partial charge in [-0.3, -0.25) is 0 Å². The monoisotopic (exact) mass is 316 g/mol. The molecule has 22 heavy (non-hydrogen) atoms. The summed E-state index contributed by atoms with van der Waals surface area (Å²) in [4.78, 5) is 8.45. The third kappa shape index (κ3) is 2.84. The summed E-state index contributed by atoms with van der Waals surface area (Å²) in [6.07, 6.45) is 1.57. The van der Waals surface area contributed by atoms with E-state index >= 15 is 0 Å². The first kappa shape index (κ1) is 14.6. The zero-order valence-electron chi connectivity index (χ0n) is 11.8. The van der Waals surface area contributed by atoms with Crippen molar-refractivity contribution in [2.45, 2.75) is 5.25 Å². The Morgan fingerprint density at radius 2 is 1.73 bits per heavy atom. The number of nitrogens with zero attached hydrogens (tertiary/aromatic N) is 1. The maximum absolute atomic E-state index is 12.1. The minimum Gasteiger partial charge on any atom is -0.497 e. The van der Waals surface area contributed by atoms with Crippen LogP contribution in [-0.4, -0.2) is 15.5 Å². The third-order valence-corrected chi connectivity index (χ3v) is 4.70. The highest BCUT2D eigenvalue weighted by Gasteiger charge is 2.33. The van der Waals surface area contributed by atoms with Crippen molar-refractivity contribution in [2.24, 2.45) is 0 Å². The van der Waals surface area contributed by atoms with E-state index in [0.717, 1.165) is 5.56 Å². The van der Waals surface area contributed by atoms with Crippen LogP contribution in [0, 0.1) is 0 Å². The summed E-state index contributed by atoms with van der Waals surface area (Å²) < 4.78 is 29.3. The molecule has 0 aliphatic carbocycles. The Morgan fingerprint density at radius 1 is 1.05 bits per heavy atom. The van der Waals surface area contributed by atoms with Gasteiger partial charge < -0.3 is 9.57 Å². The van der Waals surface area contributed by atoms with E-state index in [-0.39, 0.29) is 0 Å². The van der Waals surface area contributed by atoms with E-state index < -0.39 is 15.3 Å². The molecule has 2 aromatic rings. The fourth-order valence-corrected chi connectivity index (χ4v) is 3.28. The Kier molecular flexibility index (Phi) is 3.87. The molecule has 1 aliphatic heterocycles. The van der Waals surface area contributed by atoms with Gasteiger partial charge in [0, 0.05) is 5.56 Å². The van der Waals surface area contributed by atoms with E-state index in [9.17, 15) is 8.42 Å². The van der Waals surface area contributed by atoms with Crippen LogP contribution in [0.2, 0.25) is 0 Å². The lowest BCUT2D eigenvalue weighted by atomic mass is 10.1. The first-order chi connectivity index (χ1) is 10.6. The average molecular weight is 316 g/mol. The summed E-state index contributed by atoms with van der Waals surface area (Å²) in [6.45, 7) is 0. The predicted octanol–water partition coefficient (Wildman–Crippen LogP) is 2.66. The molecule has 0 saturated heterocycles. The second kappa shape index (κ2) is 5.82. The molecule has 1 aliphatic rings. The lowest BCUT2D eigenvalue weighted by Gasteiger charge is -2.21. The summed E-state index contributed by atoms with van der Waals surface area (Å²) in [5.74, 6) is 1.12. The molecule has 2 aromatic carbocycles. The smallest absolute Gasteiger partial charge is 0.273 e. The first-order valence-corrected chi connectivity index (χ1v) is 8.15. The molecule has 0 N–H and O–H groups in total. The molecule has 1 atom stereocenters. The van der Waals surface area contributed by atoms with E-state index in [1.807, 2.05) is 6.07 Å². The fraction of sp³-hybridized carbons (Fsp3) is 0.125. The average Bonchev–Trinajstić information content (AvgIpc) is 2.55. The van der Waals surface area contributed by atoms with E-state index in [4.69, 9.17) is 9.57 Å². The lowest BCUT2D eigenvalue weighted by Crippen LogP contribution is -2.26. The van der Waals surface area contributed by atoms with E-state index in [1.165, 1.54) is 0 Å². The molecule has 1 radical (unpaired) electrons. The van der Waals surface area contributed by atoms with E-state index in [1.54, 1.807) is 61.7 Å². The van der Waals surface area contributed by atoms with Crippen molar-refractivity contribution in [1.82, 2.24) is 4.89 Å². The molecular weight excluding hydrogens is 302 g/mol. The van der Waals surface area contributed by atoms with Gasteiger partial charge >= 0.3 is 0 Å². The summed E-state index contributed by atoms with van der Waals surface area (Å²) in [6, 6.07) is 16.1. The number of sulfonamides is 1. The van der Waals surface area contributed by atoms with E-state index in [0.29, 0.717) is 17.1 Å². The minimum absolute atomic E-state index is 0.409. The van der Waals surface area contributed by atoms with Crippen LogP contribution >= 0.6 is 0 Å². The zero-order chi connectivity index (χ0) is 15.6. The molecule has 0 bridgehead atoms. The van der Waals surface area contributed by atoms with Gasteiger partial charge in [0.2, 0.25) is 0 Å². The maximum atomic E-state index is 12.1. The summed E-state index contributed by atoms with van der Waals surface area (Å²) in [7, 11) is -2.15. The second-order valence-corrected chi connectivity index (χ2v) is 6.46. The standard InChI is InChI=1S/C16H14NO4S/c1-20-14-9-7-12(8-10-14)15-11-16(22(18,19)17-21-15)13-5-3-2-4-6-13/h2-11,16H,1H3. The van der Waals surface area contributed by atoms with Crippen molar-refractivity contribution in [2.75, 3.05) is 7.11 Å². The van der Waals surface area contributed by atoms with Crippen molar-refractivity contribution in [3.8, 4) is 5.75 Å². The second-order valence-electron chi connectivity index (χ2n) is 4.77. The van der Waals surface area contributed by atoms with Gasteiger partial charge in [0.05, 0.1) is 12.0 Å². The number of rotatable bonds is 3. The van der Waals surface area contributed by atoms with Gasteiger partial charge in [0.1, 0.15) is 11.0 Å². The van der Waals surface area contributed by atoms with Gasteiger partial charge in [-0.1, -0.05) is 30.3 Å². The quantitative estimate of drug-likeness (QED) is 0.873. The Morgan fingerprint density at radius 3 is 2.36 bits per heavy atom. The van der Waals surface area contributed by atoms with Gasteiger partial charge in [-0.2, -0.15) is 0 Å². The van der Waals surface area contributed by atoms with E-state index in [2.05, 4.69) is 4.89 Å². The zero-order valence-corrected chi connectivity index (χ0v) is 12.7. The summed E-state index contributed by atoms with van der Waals surface area (Å²) in [5, 5.41) is -0.848. The van der Waals surface area contributed by atoms with Crippen LogP contribution in [0.15, 0.2) is 60.7 Å². The molecule has 0 aromatic heterocycles. The van der Waals surface area contributed by atoms with Crippen LogP contribution in [0.25, 0.3) is 5.76 Å². The molecule has 5 nitrogen and oxygen atoms in total. The summed E-state index contributed by atoms with van der Waals surface area (Å²) in [5.41, 5.74) is 1.39. The first-order valence-electron chi connectivity index (χ1n) is 6.64. The molecule has 113 valence electrons. The van der Waals surface area contributed by atoms with Crippen LogP contribution in [0.5, 0.6) is 5.75 Å². The Balaban J connectivity index is 2.00. The molecule has 0 fully saturated rings. The molecule has 0 saturated carbocycles. The minimum atomic E-state index is -3.73. The van der Waals surface area contributed by atoms with Crippen molar-refractivity contribution in [1.29, 1.82) is 0 Å². The van der Waals surface area contributed by atoms with Crippen LogP contribution in [0.1, 0.15) is 16.4 Å². The molecule has 3 rings (SSSR count). The highest BCUT2D eigenvalue weighted by Crippen LogP contribution is 2.33. The van der Waals surface area contributed by atoms with Gasteiger partial charge in [-0.25, -0.2) is 8.42 Å². The molecule has 1 unspecified atom stereocenters. The van der Waals surface area contributed by atoms with Gasteiger partial charge in [-0.05, 0) is 35.9 Å². The van der Waals surface area contributed by atoms with Crippen LogP contribution < -0.4 is 9.62 Å². The fourth-order valence-electron chi connectivity index (χ4n) is 2.21. The number of hydrogen-bond acceptors (Lipinski definition) is 4. The molecule has 0 amide bonds. The number of methoxy groups -OCH3 is 1. The molecular formula is C16H14NO4S. The van der Waals surface area contributed by atoms with Crippen LogP contribution in [0.4, 0.5) is 0 Å². The highest BCUT2D eigenvalue weighted by molar-refractivity contribution is 7.89. The highest BCUT2D eigenvalue weighted by atomic mass is 32.2. The predicted molar refractivity (Wildman–Crippen MR) is 82.3 cm³/mol. The number of hydrogen-bond donors (Lipinski definition) is 0. The Bertz CT molecular complexity index is 783. The topological polar surface area (TPSA) is 66.7 Å². The van der Waals surface area contributed by atoms with Crippen molar-refractivity contribution >= 4 is 15.8 Å². The van der Waals surface area contributed by atoms with Crippen LogP contribution in [-0.2, 0) is 14.9 Å². The normalized spacial score (nSPS) is 19.9. The molecule has 6 heteroatoms. The Hall–Kier alpha value is -2.31. The van der Waals surface area contributed by atoms with Gasteiger partial charge in [0.25, 0.3) is 10.0 Å². The van der Waals surface area contributed by atoms with Gasteiger partial charge in [-0.15, -0.1) is 0 Å². The van der Waals surface area contributed by atoms with Gasteiger partial charge in [0.15, 0.2) is 5.76 Å². The molecule has 1 heterocycles. The molecule has 0 spiro atoms. The lowest BCUT2D eigenvalue weighted by molar-refractivity contribution is 0.212. The number of ether oxygens (including phenoxy) is 1. The van der Waals surface area contributed by atoms with Crippen LogP contribution in [0.3, 0.4) is 0 Å². The SMILES string of the molecule is COc1ccc(C2=CC(c3ccccc3)S(=O)(=O)[N]O2)cc1. The largest absolute Gasteiger partial charge is 0.497 e. The summed E-state index contributed by atoms with van der Waals surface area (Å²) >= 11 is 0. The Labute approximate surface area is 129 Å². The third-order valence-electron chi connectivity index (χ3n) is 3.37.